The van der Waals surface area contributed by atoms with Gasteiger partial charge >= 0.3 is 0 Å². The van der Waals surface area contributed by atoms with E-state index in [4.69, 9.17) is 23.2 Å². The Kier molecular flexibility index (Phi) is 4.47. The summed E-state index contributed by atoms with van der Waals surface area (Å²) in [5.41, 5.74) is 4.15. The van der Waals surface area contributed by atoms with E-state index in [0.717, 1.165) is 28.7 Å². The van der Waals surface area contributed by atoms with Crippen LogP contribution in [0.4, 0.5) is 0 Å². The fraction of sp³-hybridized carbons (Fsp3) is 0.211. The fourth-order valence-electron chi connectivity index (χ4n) is 2.96. The summed E-state index contributed by atoms with van der Waals surface area (Å²) in [7, 11) is 0. The van der Waals surface area contributed by atoms with Crippen molar-refractivity contribution in [2.75, 3.05) is 6.54 Å². The molecule has 2 aromatic rings. The monoisotopic (exact) mass is 345 g/mol. The number of halogens is 2. The maximum absolute atomic E-state index is 12.8. The molecule has 0 fully saturated rings. The Bertz CT molecular complexity index is 784. The predicted octanol–water partition coefficient (Wildman–Crippen LogP) is 5.23. The number of hydrogen-bond donors (Lipinski definition) is 0. The van der Waals surface area contributed by atoms with Gasteiger partial charge in [0.15, 0.2) is 0 Å². The van der Waals surface area contributed by atoms with Crippen molar-refractivity contribution in [3.8, 4) is 0 Å². The minimum atomic E-state index is -0.0211. The number of allylic oxidation sites excluding steroid dienone is 1. The molecule has 118 valence electrons. The van der Waals surface area contributed by atoms with Crippen LogP contribution in [-0.2, 0) is 13.0 Å². The molecule has 2 aromatic carbocycles. The molecule has 0 unspecified atom stereocenters. The molecule has 4 heteroatoms. The third-order valence-corrected chi connectivity index (χ3v) is 4.83. The predicted molar refractivity (Wildman–Crippen MR) is 96.1 cm³/mol. The van der Waals surface area contributed by atoms with Crippen molar-refractivity contribution in [2.24, 2.45) is 0 Å². The highest BCUT2D eigenvalue weighted by Crippen LogP contribution is 2.37. The van der Waals surface area contributed by atoms with Crippen LogP contribution in [0.15, 0.2) is 43.0 Å². The van der Waals surface area contributed by atoms with Crippen molar-refractivity contribution < 1.29 is 4.79 Å². The number of rotatable bonds is 3. The molecule has 1 aliphatic heterocycles. The van der Waals surface area contributed by atoms with Crippen LogP contribution in [0.3, 0.4) is 0 Å². The largest absolute Gasteiger partial charge is 0.334 e. The summed E-state index contributed by atoms with van der Waals surface area (Å²) in [5.74, 6) is -0.0211. The molecule has 0 bridgehead atoms. The minimum absolute atomic E-state index is 0.0211. The Hall–Kier alpha value is -1.77. The van der Waals surface area contributed by atoms with E-state index in [2.05, 4.69) is 6.58 Å². The third-order valence-electron chi connectivity index (χ3n) is 4.11. The first-order valence-corrected chi connectivity index (χ1v) is 8.24. The molecule has 3 rings (SSSR count). The molecule has 0 saturated carbocycles. The zero-order valence-electron chi connectivity index (χ0n) is 12.9. The van der Waals surface area contributed by atoms with E-state index in [1.54, 1.807) is 6.07 Å². The fourth-order valence-corrected chi connectivity index (χ4v) is 3.83. The summed E-state index contributed by atoms with van der Waals surface area (Å²) in [6.07, 6.45) is 0.726. The van der Waals surface area contributed by atoms with E-state index in [-0.39, 0.29) is 5.91 Å². The summed E-state index contributed by atoms with van der Waals surface area (Å²) < 4.78 is 0. The van der Waals surface area contributed by atoms with E-state index in [1.807, 2.05) is 42.2 Å². The lowest BCUT2D eigenvalue weighted by molar-refractivity contribution is 0.0727. The summed E-state index contributed by atoms with van der Waals surface area (Å²) in [5, 5.41) is 1.05. The second-order valence-corrected chi connectivity index (χ2v) is 6.60. The molecule has 1 aliphatic rings. The van der Waals surface area contributed by atoms with Crippen molar-refractivity contribution in [2.45, 2.75) is 19.9 Å². The highest BCUT2D eigenvalue weighted by molar-refractivity contribution is 6.38. The van der Waals surface area contributed by atoms with Gasteiger partial charge in [0.25, 0.3) is 5.91 Å². The van der Waals surface area contributed by atoms with E-state index < -0.39 is 0 Å². The van der Waals surface area contributed by atoms with E-state index in [1.165, 1.54) is 0 Å². The highest BCUT2D eigenvalue weighted by atomic mass is 35.5. The lowest BCUT2D eigenvalue weighted by Crippen LogP contribution is -2.37. The van der Waals surface area contributed by atoms with Gasteiger partial charge < -0.3 is 4.90 Å². The SMILES string of the molecule is C=C(C)c1c(Cl)cc2c(c1Cl)CCN(Cc1ccccc1)C2=O. The standard InChI is InChI=1S/C19H17Cl2NO/c1-12(2)17-16(20)10-15-14(18(17)21)8-9-22(19(15)23)11-13-6-4-3-5-7-13/h3-7,10H,1,8-9,11H2,2H3. The topological polar surface area (TPSA) is 20.3 Å². The van der Waals surface area contributed by atoms with E-state index >= 15 is 0 Å². The van der Waals surface area contributed by atoms with Gasteiger partial charge in [-0.15, -0.1) is 0 Å². The number of carbonyl (C=O) groups excluding carboxylic acids is 1. The number of hydrogen-bond acceptors (Lipinski definition) is 1. The second-order valence-electron chi connectivity index (χ2n) is 5.82. The maximum Gasteiger partial charge on any atom is 0.254 e. The summed E-state index contributed by atoms with van der Waals surface area (Å²) in [4.78, 5) is 14.6. The molecule has 2 nitrogen and oxygen atoms in total. The Morgan fingerprint density at radius 1 is 1.26 bits per heavy atom. The zero-order valence-corrected chi connectivity index (χ0v) is 14.4. The Balaban J connectivity index is 1.96. The van der Waals surface area contributed by atoms with Crippen molar-refractivity contribution >= 4 is 34.7 Å². The van der Waals surface area contributed by atoms with Gasteiger partial charge in [-0.1, -0.05) is 60.1 Å². The molecular formula is C19H17Cl2NO. The van der Waals surface area contributed by atoms with Gasteiger partial charge in [-0.2, -0.15) is 0 Å². The molecule has 0 radical (unpaired) electrons. The molecule has 0 aliphatic carbocycles. The van der Waals surface area contributed by atoms with Crippen LogP contribution in [0.2, 0.25) is 10.0 Å². The van der Waals surface area contributed by atoms with E-state index in [0.29, 0.717) is 28.7 Å². The van der Waals surface area contributed by atoms with Gasteiger partial charge in [0, 0.05) is 24.2 Å². The van der Waals surface area contributed by atoms with Crippen LogP contribution in [0.5, 0.6) is 0 Å². The van der Waals surface area contributed by atoms with Crippen molar-refractivity contribution in [3.05, 3.63) is 75.3 Å². The molecule has 0 saturated heterocycles. The number of nitrogens with zero attached hydrogens (tertiary/aromatic N) is 1. The lowest BCUT2D eigenvalue weighted by atomic mass is 9.94. The van der Waals surface area contributed by atoms with Gasteiger partial charge in [-0.25, -0.2) is 0 Å². The first kappa shape index (κ1) is 16.1. The Morgan fingerprint density at radius 2 is 1.96 bits per heavy atom. The van der Waals surface area contributed by atoms with Gasteiger partial charge in [-0.05, 0) is 36.1 Å². The van der Waals surface area contributed by atoms with Gasteiger partial charge in [-0.3, -0.25) is 4.79 Å². The van der Waals surface area contributed by atoms with Crippen molar-refractivity contribution in [1.29, 1.82) is 0 Å². The molecule has 0 spiro atoms. The summed E-state index contributed by atoms with van der Waals surface area (Å²) in [6.45, 7) is 7.03. The molecule has 1 heterocycles. The second kappa shape index (κ2) is 6.38. The highest BCUT2D eigenvalue weighted by Gasteiger charge is 2.28. The first-order valence-electron chi connectivity index (χ1n) is 7.49. The normalized spacial score (nSPS) is 13.9. The molecule has 0 N–H and O–H groups in total. The van der Waals surface area contributed by atoms with Crippen molar-refractivity contribution in [1.82, 2.24) is 4.90 Å². The van der Waals surface area contributed by atoms with E-state index in [9.17, 15) is 4.79 Å². The molecule has 0 aromatic heterocycles. The van der Waals surface area contributed by atoms with Gasteiger partial charge in [0.05, 0.1) is 10.0 Å². The van der Waals surface area contributed by atoms with Crippen LogP contribution >= 0.6 is 23.2 Å². The summed E-state index contributed by atoms with van der Waals surface area (Å²) >= 11 is 12.8. The quantitative estimate of drug-likeness (QED) is 0.746. The number of benzene rings is 2. The third kappa shape index (κ3) is 3.01. The summed E-state index contributed by atoms with van der Waals surface area (Å²) in [6, 6.07) is 11.7. The minimum Gasteiger partial charge on any atom is -0.334 e. The first-order chi connectivity index (χ1) is 11.0. The zero-order chi connectivity index (χ0) is 16.6. The van der Waals surface area contributed by atoms with Crippen LogP contribution in [0.25, 0.3) is 5.57 Å². The average Bonchev–Trinajstić information content (AvgIpc) is 2.51. The molecule has 1 amide bonds. The lowest BCUT2D eigenvalue weighted by Gasteiger charge is -2.30. The molecular weight excluding hydrogens is 329 g/mol. The smallest absolute Gasteiger partial charge is 0.254 e. The number of amides is 1. The molecule has 0 atom stereocenters. The number of carbonyl (C=O) groups is 1. The van der Waals surface area contributed by atoms with Crippen LogP contribution in [0.1, 0.15) is 34.0 Å². The van der Waals surface area contributed by atoms with Crippen molar-refractivity contribution in [3.63, 3.8) is 0 Å². The van der Waals surface area contributed by atoms with Crippen LogP contribution in [0, 0.1) is 0 Å². The van der Waals surface area contributed by atoms with Gasteiger partial charge in [0.1, 0.15) is 0 Å². The maximum atomic E-state index is 12.8. The molecule has 23 heavy (non-hydrogen) atoms. The van der Waals surface area contributed by atoms with Crippen LogP contribution in [-0.4, -0.2) is 17.4 Å². The Labute approximate surface area is 146 Å². The van der Waals surface area contributed by atoms with Crippen LogP contribution < -0.4 is 0 Å². The number of fused-ring (bicyclic) bond motifs is 1. The van der Waals surface area contributed by atoms with Gasteiger partial charge in [0.2, 0.25) is 0 Å². The average molecular weight is 346 g/mol. The Morgan fingerprint density at radius 3 is 2.61 bits per heavy atom.